The van der Waals surface area contributed by atoms with Crippen LogP contribution in [0.3, 0.4) is 0 Å². The molecule has 8 heteroatoms. The fraction of sp³-hybridized carbons (Fsp3) is 0.333. The Bertz CT molecular complexity index is 1340. The lowest BCUT2D eigenvalue weighted by Crippen LogP contribution is -2.40. The van der Waals surface area contributed by atoms with E-state index in [-0.39, 0.29) is 42.0 Å². The summed E-state index contributed by atoms with van der Waals surface area (Å²) in [5, 5.41) is 13.6. The van der Waals surface area contributed by atoms with E-state index in [4.69, 9.17) is 14.2 Å². The van der Waals surface area contributed by atoms with Gasteiger partial charge in [-0.3, -0.25) is 9.59 Å². The third-order valence-electron chi connectivity index (χ3n) is 6.93. The van der Waals surface area contributed by atoms with Crippen LogP contribution in [0.1, 0.15) is 47.7 Å². The maximum atomic E-state index is 13.4. The van der Waals surface area contributed by atoms with Crippen molar-refractivity contribution in [2.45, 2.75) is 44.8 Å². The number of rotatable bonds is 4. The molecule has 2 aliphatic rings. The van der Waals surface area contributed by atoms with Gasteiger partial charge in [-0.2, -0.15) is 0 Å². The first-order valence-corrected chi connectivity index (χ1v) is 12.8. The Balaban J connectivity index is 1.46. The maximum absolute atomic E-state index is 13.4. The van der Waals surface area contributed by atoms with Crippen LogP contribution in [0.25, 0.3) is 0 Å². The van der Waals surface area contributed by atoms with E-state index < -0.39 is 0 Å². The summed E-state index contributed by atoms with van der Waals surface area (Å²) in [4.78, 5) is 28.2. The molecule has 1 saturated heterocycles. The molecular weight excluding hydrogens is 484 g/mol. The highest BCUT2D eigenvalue weighted by Crippen LogP contribution is 2.40. The standard InChI is InChI=1S/C30H32N2O6/c1-18(2)37-22-9-6-20(7-10-22)30(35)32-16-23-21-8-12-26(36-3)28(15-21)38-27-14-19(4-11-25(27)33)5-13-29(34)31-24(23)17-32/h4,6-12,14-15,18,23-24,33H,5,13,16-17H2,1-3H3,(H,31,34)/t23-,24+/m0/s1. The van der Waals surface area contributed by atoms with Gasteiger partial charge in [0.15, 0.2) is 23.0 Å². The largest absolute Gasteiger partial charge is 0.504 e. The first-order chi connectivity index (χ1) is 18.3. The number of phenolic OH excluding ortho intramolecular Hbond substituents is 1. The predicted octanol–water partition coefficient (Wildman–Crippen LogP) is 4.65. The summed E-state index contributed by atoms with van der Waals surface area (Å²) in [5.74, 6) is 1.63. The van der Waals surface area contributed by atoms with Gasteiger partial charge in [0.05, 0.1) is 19.3 Å². The van der Waals surface area contributed by atoms with Gasteiger partial charge in [-0.05, 0) is 79.9 Å². The van der Waals surface area contributed by atoms with Crippen molar-refractivity contribution >= 4 is 11.8 Å². The van der Waals surface area contributed by atoms with Gasteiger partial charge >= 0.3 is 0 Å². The number of aromatic hydroxyl groups is 1. The van der Waals surface area contributed by atoms with Gasteiger partial charge in [0.1, 0.15) is 5.75 Å². The molecule has 2 amide bonds. The number of hydrogen-bond acceptors (Lipinski definition) is 6. The molecule has 198 valence electrons. The molecule has 38 heavy (non-hydrogen) atoms. The number of hydrogen-bond donors (Lipinski definition) is 2. The Kier molecular flexibility index (Phi) is 7.13. The van der Waals surface area contributed by atoms with Gasteiger partial charge in [0.25, 0.3) is 5.91 Å². The summed E-state index contributed by atoms with van der Waals surface area (Å²) in [7, 11) is 1.56. The smallest absolute Gasteiger partial charge is 0.253 e. The normalized spacial score (nSPS) is 18.8. The molecule has 2 N–H and O–H groups in total. The Hall–Kier alpha value is -4.20. The number of phenols is 1. The van der Waals surface area contributed by atoms with Crippen LogP contribution in [-0.2, 0) is 11.2 Å². The fourth-order valence-electron chi connectivity index (χ4n) is 5.04. The minimum absolute atomic E-state index is 0.000794. The number of amides is 2. The van der Waals surface area contributed by atoms with Crippen molar-refractivity contribution < 1.29 is 28.9 Å². The van der Waals surface area contributed by atoms with Gasteiger partial charge in [-0.25, -0.2) is 0 Å². The Labute approximate surface area is 222 Å². The van der Waals surface area contributed by atoms with Crippen LogP contribution in [0, 0.1) is 0 Å². The quantitative estimate of drug-likeness (QED) is 0.524. The summed E-state index contributed by atoms with van der Waals surface area (Å²) < 4.78 is 17.3. The van der Waals surface area contributed by atoms with Crippen molar-refractivity contribution in [2.75, 3.05) is 20.2 Å². The molecule has 0 aromatic heterocycles. The SMILES string of the molecule is COc1ccc2cc1Oc1cc(ccc1O)CCC(=O)N[C@@H]1CN(C(=O)c3ccc(OC(C)C)cc3)C[C@@H]21. The molecule has 0 spiro atoms. The van der Waals surface area contributed by atoms with Gasteiger partial charge < -0.3 is 29.5 Å². The summed E-state index contributed by atoms with van der Waals surface area (Å²) in [6.07, 6.45) is 0.813. The Morgan fingerprint density at radius 1 is 1.03 bits per heavy atom. The zero-order chi connectivity index (χ0) is 26.8. The van der Waals surface area contributed by atoms with E-state index >= 15 is 0 Å². The van der Waals surface area contributed by atoms with E-state index in [0.717, 1.165) is 11.1 Å². The number of benzene rings is 3. The van der Waals surface area contributed by atoms with Gasteiger partial charge in [-0.15, -0.1) is 0 Å². The van der Waals surface area contributed by atoms with E-state index in [2.05, 4.69) is 5.32 Å². The topological polar surface area (TPSA) is 97.3 Å². The lowest BCUT2D eigenvalue weighted by molar-refractivity contribution is -0.121. The number of carbonyl (C=O) groups excluding carboxylic acids is 2. The average Bonchev–Trinajstić information content (AvgIpc) is 3.32. The van der Waals surface area contributed by atoms with E-state index in [9.17, 15) is 14.7 Å². The van der Waals surface area contributed by atoms with Crippen molar-refractivity contribution in [1.82, 2.24) is 10.2 Å². The van der Waals surface area contributed by atoms with Crippen molar-refractivity contribution in [3.63, 3.8) is 0 Å². The van der Waals surface area contributed by atoms with Crippen LogP contribution in [-0.4, -0.2) is 54.2 Å². The van der Waals surface area contributed by atoms with Gasteiger partial charge in [0.2, 0.25) is 5.91 Å². The first kappa shape index (κ1) is 25.4. The summed E-state index contributed by atoms with van der Waals surface area (Å²) in [6.45, 7) is 4.72. The average molecular weight is 517 g/mol. The first-order valence-electron chi connectivity index (χ1n) is 12.8. The fourth-order valence-corrected chi connectivity index (χ4v) is 5.04. The molecule has 5 rings (SSSR count). The number of nitrogens with one attached hydrogen (secondary N) is 1. The summed E-state index contributed by atoms with van der Waals surface area (Å²) in [6, 6.07) is 17.6. The molecule has 1 fully saturated rings. The predicted molar refractivity (Wildman–Crippen MR) is 142 cm³/mol. The lowest BCUT2D eigenvalue weighted by atomic mass is 9.93. The van der Waals surface area contributed by atoms with E-state index in [1.807, 2.05) is 32.0 Å². The number of aryl methyl sites for hydroxylation is 1. The highest BCUT2D eigenvalue weighted by Gasteiger charge is 2.38. The minimum atomic E-state index is -0.270. The highest BCUT2D eigenvalue weighted by molar-refractivity contribution is 5.94. The molecule has 0 aliphatic carbocycles. The van der Waals surface area contributed by atoms with Crippen molar-refractivity contribution in [2.24, 2.45) is 0 Å². The lowest BCUT2D eigenvalue weighted by Gasteiger charge is -2.21. The number of nitrogens with zero attached hydrogens (tertiary/aromatic N) is 1. The summed E-state index contributed by atoms with van der Waals surface area (Å²) >= 11 is 0. The van der Waals surface area contributed by atoms with Crippen molar-refractivity contribution in [3.8, 4) is 28.7 Å². The molecule has 0 saturated carbocycles. The molecule has 3 aromatic rings. The van der Waals surface area contributed by atoms with Crippen molar-refractivity contribution in [1.29, 1.82) is 0 Å². The number of fused-ring (bicyclic) bond motifs is 6. The molecule has 4 bridgehead atoms. The van der Waals surface area contributed by atoms with Crippen LogP contribution in [0.2, 0.25) is 0 Å². The third-order valence-corrected chi connectivity index (χ3v) is 6.93. The van der Waals surface area contributed by atoms with Crippen LogP contribution in [0.4, 0.5) is 0 Å². The monoisotopic (exact) mass is 516 g/mol. The van der Waals surface area contributed by atoms with E-state index in [0.29, 0.717) is 48.1 Å². The van der Waals surface area contributed by atoms with Crippen LogP contribution < -0.4 is 19.5 Å². The van der Waals surface area contributed by atoms with E-state index in [1.54, 1.807) is 54.5 Å². The van der Waals surface area contributed by atoms with Crippen molar-refractivity contribution in [3.05, 3.63) is 77.4 Å². The Morgan fingerprint density at radius 2 is 1.82 bits per heavy atom. The van der Waals surface area contributed by atoms with Gasteiger partial charge in [0, 0.05) is 31.0 Å². The molecule has 0 unspecified atom stereocenters. The second-order valence-corrected chi connectivity index (χ2v) is 10.00. The number of methoxy groups -OCH3 is 1. The number of likely N-dealkylation sites (tertiary alicyclic amines) is 1. The highest BCUT2D eigenvalue weighted by atomic mass is 16.5. The molecule has 2 aliphatic heterocycles. The Morgan fingerprint density at radius 3 is 2.55 bits per heavy atom. The zero-order valence-electron chi connectivity index (χ0n) is 21.8. The second kappa shape index (κ2) is 10.7. The number of carbonyl (C=O) groups is 2. The number of ether oxygens (including phenoxy) is 3. The van der Waals surface area contributed by atoms with Gasteiger partial charge in [-0.1, -0.05) is 12.1 Å². The zero-order valence-corrected chi connectivity index (χ0v) is 21.8. The molecule has 2 heterocycles. The summed E-state index contributed by atoms with van der Waals surface area (Å²) in [5.41, 5.74) is 2.33. The van der Waals surface area contributed by atoms with Crippen LogP contribution >= 0.6 is 0 Å². The molecular formula is C30H32N2O6. The molecule has 0 radical (unpaired) electrons. The van der Waals surface area contributed by atoms with Crippen LogP contribution in [0.5, 0.6) is 28.7 Å². The maximum Gasteiger partial charge on any atom is 0.253 e. The third kappa shape index (κ3) is 5.39. The van der Waals surface area contributed by atoms with E-state index in [1.165, 1.54) is 0 Å². The minimum Gasteiger partial charge on any atom is -0.504 e. The van der Waals surface area contributed by atoms with Crippen LogP contribution in [0.15, 0.2) is 60.7 Å². The second-order valence-electron chi connectivity index (χ2n) is 10.00. The molecule has 2 atom stereocenters. The molecule has 8 nitrogen and oxygen atoms in total. The molecule has 3 aromatic carbocycles.